The minimum atomic E-state index is -0.164. The normalized spacial score (nSPS) is 14.6. The Balaban J connectivity index is 2.57. The third-order valence-electron chi connectivity index (χ3n) is 3.53. The number of nitrogens with one attached hydrogen (secondary N) is 2. The Hall–Kier alpha value is -1.56. The standard InChI is InChI=1S/C15H28N4O2/c1-11(12-9-16-19(5)10-12)17-14(20)18-13(7-8-21-6)15(2,3)4/h9-11,13H,7-8H2,1-6H3,(H2,17,18,20)/t11-,13+/m1/s1. The molecule has 0 radical (unpaired) electrons. The van der Waals surface area contributed by atoms with Gasteiger partial charge in [0, 0.05) is 38.6 Å². The quantitative estimate of drug-likeness (QED) is 0.846. The third-order valence-corrected chi connectivity index (χ3v) is 3.53. The molecule has 0 fully saturated rings. The van der Waals surface area contributed by atoms with Gasteiger partial charge < -0.3 is 15.4 Å². The highest BCUT2D eigenvalue weighted by Gasteiger charge is 2.26. The van der Waals surface area contributed by atoms with Gasteiger partial charge in [0.05, 0.1) is 12.2 Å². The Morgan fingerprint density at radius 2 is 2.10 bits per heavy atom. The molecular weight excluding hydrogens is 268 g/mol. The van der Waals surface area contributed by atoms with Crippen molar-refractivity contribution in [3.8, 4) is 0 Å². The molecule has 0 aliphatic rings. The van der Waals surface area contributed by atoms with E-state index in [0.29, 0.717) is 6.61 Å². The molecule has 1 aromatic heterocycles. The van der Waals surface area contributed by atoms with Crippen molar-refractivity contribution in [3.05, 3.63) is 18.0 Å². The van der Waals surface area contributed by atoms with Crippen LogP contribution in [0.15, 0.2) is 12.4 Å². The maximum Gasteiger partial charge on any atom is 0.315 e. The molecule has 120 valence electrons. The summed E-state index contributed by atoms with van der Waals surface area (Å²) in [7, 11) is 3.53. The molecule has 0 aliphatic carbocycles. The van der Waals surface area contributed by atoms with Gasteiger partial charge in [0.1, 0.15) is 0 Å². The first kappa shape index (κ1) is 17.5. The molecule has 1 heterocycles. The van der Waals surface area contributed by atoms with Crippen LogP contribution in [0.5, 0.6) is 0 Å². The average Bonchev–Trinajstić information content (AvgIpc) is 2.79. The fraction of sp³-hybridized carbons (Fsp3) is 0.733. The molecule has 1 rings (SSSR count). The lowest BCUT2D eigenvalue weighted by Gasteiger charge is -2.31. The first-order valence-electron chi connectivity index (χ1n) is 7.28. The van der Waals surface area contributed by atoms with E-state index in [9.17, 15) is 4.79 Å². The lowest BCUT2D eigenvalue weighted by atomic mass is 9.85. The molecule has 6 heteroatoms. The van der Waals surface area contributed by atoms with Gasteiger partial charge in [0.2, 0.25) is 0 Å². The lowest BCUT2D eigenvalue weighted by molar-refractivity contribution is 0.152. The van der Waals surface area contributed by atoms with E-state index in [4.69, 9.17) is 4.74 Å². The zero-order valence-corrected chi connectivity index (χ0v) is 13.9. The van der Waals surface area contributed by atoms with E-state index < -0.39 is 0 Å². The number of hydrogen-bond acceptors (Lipinski definition) is 3. The fourth-order valence-corrected chi connectivity index (χ4v) is 2.10. The number of aryl methyl sites for hydroxylation is 1. The van der Waals surface area contributed by atoms with Crippen LogP contribution in [0.1, 0.15) is 45.7 Å². The number of carbonyl (C=O) groups is 1. The molecule has 0 aliphatic heterocycles. The number of rotatable bonds is 6. The second-order valence-electron chi connectivity index (χ2n) is 6.49. The Morgan fingerprint density at radius 3 is 2.57 bits per heavy atom. The number of ether oxygens (including phenoxy) is 1. The van der Waals surface area contributed by atoms with E-state index in [2.05, 4.69) is 36.5 Å². The van der Waals surface area contributed by atoms with Gasteiger partial charge in [0.15, 0.2) is 0 Å². The minimum absolute atomic E-state index is 0.0204. The molecule has 21 heavy (non-hydrogen) atoms. The second-order valence-corrected chi connectivity index (χ2v) is 6.49. The van der Waals surface area contributed by atoms with Gasteiger partial charge >= 0.3 is 6.03 Å². The number of nitrogens with zero attached hydrogens (tertiary/aromatic N) is 2. The van der Waals surface area contributed by atoms with E-state index in [1.54, 1.807) is 18.0 Å². The smallest absolute Gasteiger partial charge is 0.315 e. The van der Waals surface area contributed by atoms with Gasteiger partial charge in [-0.3, -0.25) is 4.68 Å². The summed E-state index contributed by atoms with van der Waals surface area (Å²) in [6.07, 6.45) is 4.45. The van der Waals surface area contributed by atoms with Gasteiger partial charge in [-0.1, -0.05) is 20.8 Å². The minimum Gasteiger partial charge on any atom is -0.385 e. The summed E-state index contributed by atoms with van der Waals surface area (Å²) < 4.78 is 6.84. The van der Waals surface area contributed by atoms with E-state index >= 15 is 0 Å². The fourth-order valence-electron chi connectivity index (χ4n) is 2.10. The zero-order valence-electron chi connectivity index (χ0n) is 13.9. The highest BCUT2D eigenvalue weighted by molar-refractivity contribution is 5.74. The van der Waals surface area contributed by atoms with Crippen LogP contribution in [-0.4, -0.2) is 35.6 Å². The van der Waals surface area contributed by atoms with Crippen molar-refractivity contribution in [2.24, 2.45) is 12.5 Å². The number of urea groups is 1. The molecule has 2 amide bonds. The Morgan fingerprint density at radius 1 is 1.43 bits per heavy atom. The van der Waals surface area contributed by atoms with Crippen LogP contribution in [0.3, 0.4) is 0 Å². The van der Waals surface area contributed by atoms with Crippen LogP contribution in [0.2, 0.25) is 0 Å². The van der Waals surface area contributed by atoms with Gasteiger partial charge in [-0.25, -0.2) is 4.79 Å². The molecule has 1 aromatic rings. The highest BCUT2D eigenvalue weighted by Crippen LogP contribution is 2.22. The van der Waals surface area contributed by atoms with Gasteiger partial charge in [-0.2, -0.15) is 5.10 Å². The SMILES string of the molecule is COCC[C@H](NC(=O)N[C@H](C)c1cnn(C)c1)C(C)(C)C. The van der Waals surface area contributed by atoms with Crippen molar-refractivity contribution in [2.45, 2.75) is 46.2 Å². The van der Waals surface area contributed by atoms with Gasteiger partial charge in [-0.15, -0.1) is 0 Å². The summed E-state index contributed by atoms with van der Waals surface area (Å²) in [6.45, 7) is 8.90. The molecule has 0 bridgehead atoms. The first-order valence-corrected chi connectivity index (χ1v) is 7.28. The molecule has 6 nitrogen and oxygen atoms in total. The van der Waals surface area contributed by atoms with Gasteiger partial charge in [0.25, 0.3) is 0 Å². The maximum atomic E-state index is 12.2. The number of amides is 2. The molecular formula is C15H28N4O2. The summed E-state index contributed by atoms with van der Waals surface area (Å²) in [4.78, 5) is 12.2. The van der Waals surface area contributed by atoms with Crippen molar-refractivity contribution in [1.29, 1.82) is 0 Å². The number of aromatic nitrogens is 2. The number of hydrogen-bond donors (Lipinski definition) is 2. The van der Waals surface area contributed by atoms with Crippen molar-refractivity contribution >= 4 is 6.03 Å². The van der Waals surface area contributed by atoms with Crippen LogP contribution in [0.4, 0.5) is 4.79 Å². The second kappa shape index (κ2) is 7.45. The van der Waals surface area contributed by atoms with Crippen molar-refractivity contribution in [3.63, 3.8) is 0 Å². The Kier molecular flexibility index (Phi) is 6.20. The maximum absolute atomic E-state index is 12.2. The van der Waals surface area contributed by atoms with Crippen molar-refractivity contribution < 1.29 is 9.53 Å². The van der Waals surface area contributed by atoms with Crippen LogP contribution in [-0.2, 0) is 11.8 Å². The average molecular weight is 296 g/mol. The Labute approximate surface area is 127 Å². The van der Waals surface area contributed by atoms with E-state index in [0.717, 1.165) is 12.0 Å². The number of carbonyl (C=O) groups excluding carboxylic acids is 1. The van der Waals surface area contributed by atoms with Crippen LogP contribution >= 0.6 is 0 Å². The monoisotopic (exact) mass is 296 g/mol. The molecule has 0 spiro atoms. The predicted molar refractivity (Wildman–Crippen MR) is 83.0 cm³/mol. The van der Waals surface area contributed by atoms with E-state index in [-0.39, 0.29) is 23.5 Å². The molecule has 2 N–H and O–H groups in total. The lowest BCUT2D eigenvalue weighted by Crippen LogP contribution is -2.48. The third kappa shape index (κ3) is 5.75. The van der Waals surface area contributed by atoms with Crippen LogP contribution in [0, 0.1) is 5.41 Å². The van der Waals surface area contributed by atoms with Crippen LogP contribution in [0.25, 0.3) is 0 Å². The molecule has 0 aromatic carbocycles. The molecule has 0 unspecified atom stereocenters. The summed E-state index contributed by atoms with van der Waals surface area (Å²) in [6, 6.07) is -0.192. The molecule has 0 saturated heterocycles. The van der Waals surface area contributed by atoms with Crippen LogP contribution < -0.4 is 10.6 Å². The van der Waals surface area contributed by atoms with Crippen molar-refractivity contribution in [2.75, 3.05) is 13.7 Å². The largest absolute Gasteiger partial charge is 0.385 e. The van der Waals surface area contributed by atoms with Crippen molar-refractivity contribution in [1.82, 2.24) is 20.4 Å². The summed E-state index contributed by atoms with van der Waals surface area (Å²) >= 11 is 0. The summed E-state index contributed by atoms with van der Waals surface area (Å²) in [5.41, 5.74) is 0.963. The van der Waals surface area contributed by atoms with Gasteiger partial charge in [-0.05, 0) is 18.8 Å². The Bertz CT molecular complexity index is 451. The first-order chi connectivity index (χ1) is 9.74. The van der Waals surface area contributed by atoms with E-state index in [1.807, 2.05) is 20.2 Å². The van der Waals surface area contributed by atoms with E-state index in [1.165, 1.54) is 0 Å². The molecule has 0 saturated carbocycles. The predicted octanol–water partition coefficient (Wildman–Crippen LogP) is 2.23. The highest BCUT2D eigenvalue weighted by atomic mass is 16.5. The summed E-state index contributed by atoms with van der Waals surface area (Å²) in [5, 5.41) is 10.1. The zero-order chi connectivity index (χ0) is 16.0. The number of methoxy groups -OCH3 is 1. The summed E-state index contributed by atoms with van der Waals surface area (Å²) in [5.74, 6) is 0. The topological polar surface area (TPSA) is 68.2 Å². The molecule has 2 atom stereocenters.